The summed E-state index contributed by atoms with van der Waals surface area (Å²) in [6.07, 6.45) is 0. The van der Waals surface area contributed by atoms with Gasteiger partial charge >= 0.3 is 0 Å². The number of nitriles is 2. The minimum atomic E-state index is 0.356. The molecule has 2 aromatic rings. The molecule has 0 saturated carbocycles. The molecular formula is C14H10BrN5. The van der Waals surface area contributed by atoms with Crippen molar-refractivity contribution in [2.45, 2.75) is 13.8 Å². The van der Waals surface area contributed by atoms with Gasteiger partial charge in [0, 0.05) is 4.47 Å². The van der Waals surface area contributed by atoms with E-state index in [0.717, 1.165) is 10.0 Å². The van der Waals surface area contributed by atoms with E-state index in [0.29, 0.717) is 28.3 Å². The van der Waals surface area contributed by atoms with Gasteiger partial charge in [0.2, 0.25) is 0 Å². The Balaban J connectivity index is 2.49. The van der Waals surface area contributed by atoms with Crippen LogP contribution in [-0.4, -0.2) is 10.2 Å². The molecule has 0 aliphatic heterocycles. The van der Waals surface area contributed by atoms with Crippen LogP contribution < -0.4 is 5.32 Å². The number of rotatable bonds is 2. The zero-order chi connectivity index (χ0) is 14.7. The lowest BCUT2D eigenvalue weighted by Crippen LogP contribution is -2.04. The van der Waals surface area contributed by atoms with E-state index in [1.165, 1.54) is 0 Å². The van der Waals surface area contributed by atoms with Crippen LogP contribution in [0, 0.1) is 36.5 Å². The highest BCUT2D eigenvalue weighted by atomic mass is 79.9. The van der Waals surface area contributed by atoms with E-state index in [9.17, 15) is 5.26 Å². The van der Waals surface area contributed by atoms with Gasteiger partial charge in [-0.25, -0.2) is 0 Å². The fraction of sp³-hybridized carbons (Fsp3) is 0.143. The van der Waals surface area contributed by atoms with Crippen molar-refractivity contribution in [1.82, 2.24) is 10.2 Å². The van der Waals surface area contributed by atoms with Crippen LogP contribution >= 0.6 is 15.9 Å². The molecule has 98 valence electrons. The van der Waals surface area contributed by atoms with Crippen molar-refractivity contribution in [1.29, 1.82) is 10.5 Å². The van der Waals surface area contributed by atoms with Gasteiger partial charge in [0.1, 0.15) is 17.7 Å². The maximum absolute atomic E-state index is 9.24. The zero-order valence-corrected chi connectivity index (χ0v) is 12.5. The van der Waals surface area contributed by atoms with Crippen LogP contribution in [0.25, 0.3) is 0 Å². The van der Waals surface area contributed by atoms with Crippen LogP contribution in [0.3, 0.4) is 0 Å². The number of hydrogen-bond acceptors (Lipinski definition) is 5. The van der Waals surface area contributed by atoms with Gasteiger partial charge in [-0.05, 0) is 37.6 Å². The van der Waals surface area contributed by atoms with Gasteiger partial charge in [-0.2, -0.15) is 15.6 Å². The van der Waals surface area contributed by atoms with Crippen LogP contribution in [-0.2, 0) is 0 Å². The van der Waals surface area contributed by atoms with Crippen molar-refractivity contribution in [3.05, 3.63) is 45.1 Å². The molecule has 0 bridgehead atoms. The van der Waals surface area contributed by atoms with Crippen LogP contribution in [0.2, 0.25) is 0 Å². The Kier molecular flexibility index (Phi) is 3.97. The average molecular weight is 328 g/mol. The van der Waals surface area contributed by atoms with Crippen molar-refractivity contribution in [2.75, 3.05) is 5.32 Å². The summed E-state index contributed by atoms with van der Waals surface area (Å²) in [7, 11) is 0. The number of anilines is 2. The van der Waals surface area contributed by atoms with Gasteiger partial charge in [0.25, 0.3) is 0 Å². The Morgan fingerprint density at radius 1 is 1.15 bits per heavy atom. The van der Waals surface area contributed by atoms with Crippen LogP contribution in [0.4, 0.5) is 11.5 Å². The highest BCUT2D eigenvalue weighted by molar-refractivity contribution is 9.10. The number of benzene rings is 1. The first-order chi connectivity index (χ1) is 9.56. The van der Waals surface area contributed by atoms with Gasteiger partial charge in [-0.1, -0.05) is 15.9 Å². The summed E-state index contributed by atoms with van der Waals surface area (Å²) in [5.41, 5.74) is 2.97. The molecule has 5 nitrogen and oxygen atoms in total. The number of aromatic nitrogens is 2. The lowest BCUT2D eigenvalue weighted by atomic mass is 10.1. The largest absolute Gasteiger partial charge is 0.337 e. The number of aryl methyl sites for hydroxylation is 1. The SMILES string of the molecule is Cc1nnc(Nc2ccc(Br)cc2C#N)c(C#N)c1C. The molecule has 20 heavy (non-hydrogen) atoms. The molecule has 0 aliphatic rings. The van der Waals surface area contributed by atoms with Crippen LogP contribution in [0.15, 0.2) is 22.7 Å². The lowest BCUT2D eigenvalue weighted by molar-refractivity contribution is 0.960. The number of nitrogens with zero attached hydrogens (tertiary/aromatic N) is 4. The van der Waals surface area contributed by atoms with E-state index in [2.05, 4.69) is 43.6 Å². The first-order valence-corrected chi connectivity index (χ1v) is 6.56. The second-order valence-electron chi connectivity index (χ2n) is 4.17. The molecule has 1 N–H and O–H groups in total. The van der Waals surface area contributed by atoms with E-state index in [4.69, 9.17) is 5.26 Å². The Hall–Kier alpha value is -2.44. The molecule has 0 spiro atoms. The van der Waals surface area contributed by atoms with Crippen molar-refractivity contribution in [3.8, 4) is 12.1 Å². The lowest BCUT2D eigenvalue weighted by Gasteiger charge is -2.10. The molecule has 0 saturated heterocycles. The molecular weight excluding hydrogens is 318 g/mol. The average Bonchev–Trinajstić information content (AvgIpc) is 2.45. The third-order valence-electron chi connectivity index (χ3n) is 2.92. The predicted molar refractivity (Wildman–Crippen MR) is 78.4 cm³/mol. The minimum absolute atomic E-state index is 0.356. The fourth-order valence-corrected chi connectivity index (χ4v) is 2.04. The first kappa shape index (κ1) is 14.0. The molecule has 0 radical (unpaired) electrons. The fourth-order valence-electron chi connectivity index (χ4n) is 1.68. The summed E-state index contributed by atoms with van der Waals surface area (Å²) in [4.78, 5) is 0. The second-order valence-corrected chi connectivity index (χ2v) is 5.09. The third kappa shape index (κ3) is 2.61. The number of halogens is 1. The van der Waals surface area contributed by atoms with E-state index in [1.54, 1.807) is 19.1 Å². The molecule has 1 aromatic carbocycles. The van der Waals surface area contributed by atoms with E-state index >= 15 is 0 Å². The highest BCUT2D eigenvalue weighted by Gasteiger charge is 2.12. The summed E-state index contributed by atoms with van der Waals surface area (Å²) in [6, 6.07) is 9.47. The van der Waals surface area contributed by atoms with Crippen molar-refractivity contribution in [2.24, 2.45) is 0 Å². The maximum Gasteiger partial charge on any atom is 0.171 e. The Morgan fingerprint density at radius 2 is 1.90 bits per heavy atom. The Labute approximate surface area is 125 Å². The smallest absolute Gasteiger partial charge is 0.171 e. The monoisotopic (exact) mass is 327 g/mol. The van der Waals surface area contributed by atoms with Gasteiger partial charge in [-0.3, -0.25) is 0 Å². The molecule has 0 fully saturated rings. The summed E-state index contributed by atoms with van der Waals surface area (Å²) in [5, 5.41) is 29.4. The van der Waals surface area contributed by atoms with Crippen LogP contribution in [0.1, 0.15) is 22.4 Å². The molecule has 0 aliphatic carbocycles. The van der Waals surface area contributed by atoms with Gasteiger partial charge < -0.3 is 5.32 Å². The molecule has 6 heteroatoms. The van der Waals surface area contributed by atoms with Gasteiger partial charge in [0.05, 0.1) is 16.9 Å². The first-order valence-electron chi connectivity index (χ1n) is 5.77. The van der Waals surface area contributed by atoms with Gasteiger partial charge in [0.15, 0.2) is 5.82 Å². The molecule has 1 aromatic heterocycles. The zero-order valence-electron chi connectivity index (χ0n) is 10.9. The quantitative estimate of drug-likeness (QED) is 0.914. The summed E-state index contributed by atoms with van der Waals surface area (Å²) in [6.45, 7) is 3.62. The second kappa shape index (κ2) is 5.68. The number of hydrogen-bond donors (Lipinski definition) is 1. The Morgan fingerprint density at radius 3 is 2.55 bits per heavy atom. The molecule has 0 unspecified atom stereocenters. The summed E-state index contributed by atoms with van der Waals surface area (Å²) >= 11 is 3.31. The maximum atomic E-state index is 9.24. The molecule has 0 amide bonds. The molecule has 1 heterocycles. The normalized spacial score (nSPS) is 9.65. The summed E-state index contributed by atoms with van der Waals surface area (Å²) in [5.74, 6) is 0.356. The Bertz CT molecular complexity index is 755. The van der Waals surface area contributed by atoms with E-state index in [1.807, 2.05) is 13.0 Å². The van der Waals surface area contributed by atoms with Crippen molar-refractivity contribution in [3.63, 3.8) is 0 Å². The van der Waals surface area contributed by atoms with E-state index in [-0.39, 0.29) is 0 Å². The number of nitrogens with one attached hydrogen (secondary N) is 1. The molecule has 0 atom stereocenters. The van der Waals surface area contributed by atoms with E-state index < -0.39 is 0 Å². The predicted octanol–water partition coefficient (Wildman–Crippen LogP) is 3.34. The van der Waals surface area contributed by atoms with Gasteiger partial charge in [-0.15, -0.1) is 5.10 Å². The summed E-state index contributed by atoms with van der Waals surface area (Å²) < 4.78 is 0.811. The topological polar surface area (TPSA) is 85.4 Å². The standard InChI is InChI=1S/C14H10BrN5/c1-8-9(2)19-20-14(12(8)7-17)18-13-4-3-11(15)5-10(13)6-16/h3-5H,1-2H3,(H,18,20). The minimum Gasteiger partial charge on any atom is -0.337 e. The highest BCUT2D eigenvalue weighted by Crippen LogP contribution is 2.25. The third-order valence-corrected chi connectivity index (χ3v) is 3.41. The van der Waals surface area contributed by atoms with Crippen molar-refractivity contribution < 1.29 is 0 Å². The van der Waals surface area contributed by atoms with Crippen molar-refractivity contribution >= 4 is 27.4 Å². The molecule has 2 rings (SSSR count). The van der Waals surface area contributed by atoms with Crippen LogP contribution in [0.5, 0.6) is 0 Å².